The molecule has 1 saturated heterocycles. The average Bonchev–Trinajstić information content (AvgIpc) is 2.77. The molecule has 118 valence electrons. The third-order valence-corrected chi connectivity index (χ3v) is 4.30. The van der Waals surface area contributed by atoms with Gasteiger partial charge in [-0.05, 0) is 19.8 Å². The van der Waals surface area contributed by atoms with Crippen LogP contribution in [-0.2, 0) is 4.79 Å². The molecule has 0 aromatic rings. The van der Waals surface area contributed by atoms with Crippen molar-refractivity contribution in [3.8, 4) is 0 Å². The molecule has 0 bridgehead atoms. The maximum Gasteiger partial charge on any atom is 0.222 e. The Morgan fingerprint density at radius 1 is 1.05 bits per heavy atom. The van der Waals surface area contributed by atoms with Gasteiger partial charge in [-0.3, -0.25) is 4.79 Å². The predicted octanol–water partition coefficient (Wildman–Crippen LogP) is 3.89. The molecule has 20 heavy (non-hydrogen) atoms. The van der Waals surface area contributed by atoms with Gasteiger partial charge in [-0.1, -0.05) is 58.3 Å². The summed E-state index contributed by atoms with van der Waals surface area (Å²) in [7, 11) is 0. The van der Waals surface area contributed by atoms with Crippen LogP contribution in [0.4, 0.5) is 0 Å². The molecule has 1 N–H and O–H groups in total. The Kier molecular flexibility index (Phi) is 8.20. The molecule has 0 saturated carbocycles. The second-order valence-electron chi connectivity index (χ2n) is 6.64. The van der Waals surface area contributed by atoms with Gasteiger partial charge in [0.2, 0.25) is 5.91 Å². The van der Waals surface area contributed by atoms with Crippen molar-refractivity contribution in [2.24, 2.45) is 0 Å². The van der Waals surface area contributed by atoms with Gasteiger partial charge in [-0.2, -0.15) is 0 Å². The largest absolute Gasteiger partial charge is 0.388 e. The van der Waals surface area contributed by atoms with E-state index in [-0.39, 0.29) is 5.91 Å². The van der Waals surface area contributed by atoms with Crippen molar-refractivity contribution >= 4 is 5.91 Å². The first-order valence-electron chi connectivity index (χ1n) is 8.55. The van der Waals surface area contributed by atoms with Gasteiger partial charge in [0, 0.05) is 19.5 Å². The number of carbonyl (C=O) groups excluding carboxylic acids is 1. The summed E-state index contributed by atoms with van der Waals surface area (Å²) in [6, 6.07) is 0. The fraction of sp³-hybridized carbons (Fsp3) is 0.941. The van der Waals surface area contributed by atoms with E-state index in [9.17, 15) is 9.90 Å². The Balaban J connectivity index is 1.92. The number of rotatable bonds is 10. The van der Waals surface area contributed by atoms with Crippen LogP contribution in [0.15, 0.2) is 0 Å². The summed E-state index contributed by atoms with van der Waals surface area (Å²) in [5.41, 5.74) is -0.659. The first-order chi connectivity index (χ1) is 9.55. The molecule has 1 aliphatic rings. The van der Waals surface area contributed by atoms with Crippen molar-refractivity contribution in [3.05, 3.63) is 0 Å². The van der Waals surface area contributed by atoms with E-state index in [2.05, 4.69) is 6.92 Å². The SMILES string of the molecule is CCCCCCCCCCCC(=O)N1CCC(C)(O)C1. The molecule has 1 rings (SSSR count). The quantitative estimate of drug-likeness (QED) is 0.618. The number of carbonyl (C=O) groups is 1. The lowest BCUT2D eigenvalue weighted by molar-refractivity contribution is -0.131. The third kappa shape index (κ3) is 7.28. The summed E-state index contributed by atoms with van der Waals surface area (Å²) in [6.45, 7) is 5.31. The highest BCUT2D eigenvalue weighted by molar-refractivity contribution is 5.76. The number of aliphatic hydroxyl groups is 1. The second-order valence-corrected chi connectivity index (χ2v) is 6.64. The molecule has 0 radical (unpaired) electrons. The first kappa shape index (κ1) is 17.5. The van der Waals surface area contributed by atoms with Crippen LogP contribution >= 0.6 is 0 Å². The molecular weight excluding hydrogens is 250 g/mol. The van der Waals surface area contributed by atoms with Crippen molar-refractivity contribution < 1.29 is 9.90 Å². The van der Waals surface area contributed by atoms with E-state index in [4.69, 9.17) is 0 Å². The molecule has 0 spiro atoms. The van der Waals surface area contributed by atoms with E-state index in [0.717, 1.165) is 19.4 Å². The Morgan fingerprint density at radius 3 is 2.10 bits per heavy atom. The molecule has 0 aromatic carbocycles. The fourth-order valence-corrected chi connectivity index (χ4v) is 2.90. The summed E-state index contributed by atoms with van der Waals surface area (Å²) in [5, 5.41) is 9.85. The molecule has 1 atom stereocenters. The minimum Gasteiger partial charge on any atom is -0.388 e. The lowest BCUT2D eigenvalue weighted by Gasteiger charge is -2.18. The summed E-state index contributed by atoms with van der Waals surface area (Å²) in [5.74, 6) is 0.228. The Hall–Kier alpha value is -0.570. The van der Waals surface area contributed by atoms with Gasteiger partial charge in [-0.25, -0.2) is 0 Å². The van der Waals surface area contributed by atoms with Crippen LogP contribution in [0, 0.1) is 0 Å². The van der Waals surface area contributed by atoms with E-state index >= 15 is 0 Å². The van der Waals surface area contributed by atoms with Gasteiger partial charge in [0.15, 0.2) is 0 Å². The number of unbranched alkanes of at least 4 members (excludes halogenated alkanes) is 8. The van der Waals surface area contributed by atoms with Crippen LogP contribution in [0.5, 0.6) is 0 Å². The van der Waals surface area contributed by atoms with Gasteiger partial charge >= 0.3 is 0 Å². The molecule has 1 amide bonds. The highest BCUT2D eigenvalue weighted by atomic mass is 16.3. The van der Waals surface area contributed by atoms with Crippen molar-refractivity contribution in [2.45, 2.75) is 90.1 Å². The lowest BCUT2D eigenvalue weighted by atomic mass is 10.1. The van der Waals surface area contributed by atoms with Crippen LogP contribution in [0.1, 0.15) is 84.5 Å². The predicted molar refractivity (Wildman–Crippen MR) is 83.7 cm³/mol. The van der Waals surface area contributed by atoms with Crippen molar-refractivity contribution in [1.82, 2.24) is 4.90 Å². The summed E-state index contributed by atoms with van der Waals surface area (Å²) in [6.07, 6.45) is 12.9. The first-order valence-corrected chi connectivity index (χ1v) is 8.55. The summed E-state index contributed by atoms with van der Waals surface area (Å²) < 4.78 is 0. The molecule has 1 heterocycles. The normalized spacial score (nSPS) is 22.4. The molecule has 1 aliphatic heterocycles. The van der Waals surface area contributed by atoms with Gasteiger partial charge in [0.05, 0.1) is 5.60 Å². The van der Waals surface area contributed by atoms with E-state index < -0.39 is 5.60 Å². The highest BCUT2D eigenvalue weighted by Crippen LogP contribution is 2.21. The minimum atomic E-state index is -0.659. The molecule has 1 fully saturated rings. The summed E-state index contributed by atoms with van der Waals surface area (Å²) >= 11 is 0. The standard InChI is InChI=1S/C17H33NO2/c1-3-4-5-6-7-8-9-10-11-12-16(19)18-14-13-17(2,20)15-18/h20H,3-15H2,1-2H3. The fourth-order valence-electron chi connectivity index (χ4n) is 2.90. The number of hydrogen-bond donors (Lipinski definition) is 1. The topological polar surface area (TPSA) is 40.5 Å². The third-order valence-electron chi connectivity index (χ3n) is 4.30. The zero-order valence-corrected chi connectivity index (χ0v) is 13.5. The maximum absolute atomic E-state index is 12.0. The Labute approximate surface area is 124 Å². The van der Waals surface area contributed by atoms with Crippen molar-refractivity contribution in [1.29, 1.82) is 0 Å². The smallest absolute Gasteiger partial charge is 0.222 e. The number of β-amino-alcohol motifs (C(OH)–C–C–N with tert-alkyl or cyclic N) is 1. The Morgan fingerprint density at radius 2 is 1.60 bits per heavy atom. The van der Waals surface area contributed by atoms with Crippen LogP contribution in [0.25, 0.3) is 0 Å². The van der Waals surface area contributed by atoms with Crippen molar-refractivity contribution in [3.63, 3.8) is 0 Å². The van der Waals surface area contributed by atoms with E-state index in [1.165, 1.54) is 51.4 Å². The van der Waals surface area contributed by atoms with Gasteiger partial charge < -0.3 is 10.0 Å². The van der Waals surface area contributed by atoms with Crippen molar-refractivity contribution in [2.75, 3.05) is 13.1 Å². The van der Waals surface area contributed by atoms with Crippen LogP contribution in [-0.4, -0.2) is 34.6 Å². The van der Waals surface area contributed by atoms with Gasteiger partial charge in [0.25, 0.3) is 0 Å². The molecule has 0 aliphatic carbocycles. The van der Waals surface area contributed by atoms with E-state index in [0.29, 0.717) is 13.0 Å². The second kappa shape index (κ2) is 9.38. The number of nitrogens with zero attached hydrogens (tertiary/aromatic N) is 1. The molecule has 3 nitrogen and oxygen atoms in total. The molecular formula is C17H33NO2. The number of hydrogen-bond acceptors (Lipinski definition) is 2. The van der Waals surface area contributed by atoms with E-state index in [1.54, 1.807) is 0 Å². The summed E-state index contributed by atoms with van der Waals surface area (Å²) in [4.78, 5) is 13.8. The average molecular weight is 283 g/mol. The highest BCUT2D eigenvalue weighted by Gasteiger charge is 2.33. The van der Waals surface area contributed by atoms with Gasteiger partial charge in [0.1, 0.15) is 0 Å². The monoisotopic (exact) mass is 283 g/mol. The Bertz CT molecular complexity index is 276. The van der Waals surface area contributed by atoms with Crippen LogP contribution in [0.3, 0.4) is 0 Å². The zero-order chi connectivity index (χ0) is 14.8. The molecule has 0 aromatic heterocycles. The van der Waals surface area contributed by atoms with Crippen LogP contribution in [0.2, 0.25) is 0 Å². The molecule has 1 unspecified atom stereocenters. The lowest BCUT2D eigenvalue weighted by Crippen LogP contribution is -2.33. The van der Waals surface area contributed by atoms with Gasteiger partial charge in [-0.15, -0.1) is 0 Å². The van der Waals surface area contributed by atoms with Crippen LogP contribution < -0.4 is 0 Å². The zero-order valence-electron chi connectivity index (χ0n) is 13.5. The van der Waals surface area contributed by atoms with E-state index in [1.807, 2.05) is 11.8 Å². The maximum atomic E-state index is 12.0. The minimum absolute atomic E-state index is 0.228. The number of amides is 1. The number of likely N-dealkylation sites (tertiary alicyclic amines) is 1. The molecule has 3 heteroatoms.